The predicted octanol–water partition coefficient (Wildman–Crippen LogP) is 5.13. The van der Waals surface area contributed by atoms with Crippen molar-refractivity contribution in [2.45, 2.75) is 77.0 Å². The minimum absolute atomic E-state index is 0.958. The number of hydrogen-bond acceptors (Lipinski definition) is 2. The molecular weight excluding hydrogens is 196 g/mol. The van der Waals surface area contributed by atoms with Crippen LogP contribution in [0.25, 0.3) is 0 Å². The van der Waals surface area contributed by atoms with Gasteiger partial charge >= 0.3 is 0 Å². The highest BCUT2D eigenvalue weighted by Crippen LogP contribution is 2.12. The van der Waals surface area contributed by atoms with Crippen molar-refractivity contribution in [3.05, 3.63) is 0 Å². The molecule has 0 amide bonds. The third kappa shape index (κ3) is 8.87. The molecule has 0 N–H and O–H groups in total. The summed E-state index contributed by atoms with van der Waals surface area (Å²) in [6.07, 6.45) is 16.6. The Hall–Kier alpha value is -0.400. The molecule has 0 bridgehead atoms. The maximum Gasteiger partial charge on any atom is 0.0598 e. The molecule has 1 heterocycles. The van der Waals surface area contributed by atoms with Crippen LogP contribution in [0.5, 0.6) is 0 Å². The fourth-order valence-corrected chi connectivity index (χ4v) is 2.27. The van der Waals surface area contributed by atoms with Gasteiger partial charge in [0.25, 0.3) is 0 Å². The molecule has 1 aliphatic heterocycles. The van der Waals surface area contributed by atoms with Crippen LogP contribution in [-0.2, 0) is 0 Å². The third-order valence-corrected chi connectivity index (χ3v) is 3.37. The van der Waals surface area contributed by atoms with Gasteiger partial charge in [-0.3, -0.25) is 0 Å². The monoisotopic (exact) mass is 224 g/mol. The quantitative estimate of drug-likeness (QED) is 0.544. The summed E-state index contributed by atoms with van der Waals surface area (Å²) in [5.41, 5.74) is 0. The highest BCUT2D eigenvalue weighted by Gasteiger charge is 1.94. The van der Waals surface area contributed by atoms with Gasteiger partial charge in [0.1, 0.15) is 0 Å². The van der Waals surface area contributed by atoms with Crippen LogP contribution in [0, 0.1) is 0 Å². The van der Waals surface area contributed by atoms with Gasteiger partial charge in [-0.15, -0.1) is 0 Å². The van der Waals surface area contributed by atoms with E-state index in [2.05, 4.69) is 10.2 Å². The van der Waals surface area contributed by atoms with Gasteiger partial charge in [-0.25, -0.2) is 0 Å². The van der Waals surface area contributed by atoms with Gasteiger partial charge in [-0.05, 0) is 12.8 Å². The zero-order valence-electron chi connectivity index (χ0n) is 10.8. The van der Waals surface area contributed by atoms with Gasteiger partial charge in [0, 0.05) is 0 Å². The fraction of sp³-hybridized carbons (Fsp3) is 1.00. The van der Waals surface area contributed by atoms with Crippen molar-refractivity contribution in [3.63, 3.8) is 0 Å². The van der Waals surface area contributed by atoms with Crippen LogP contribution in [0.2, 0.25) is 0 Å². The zero-order chi connectivity index (χ0) is 11.3. The molecule has 0 aromatic carbocycles. The van der Waals surface area contributed by atoms with Crippen LogP contribution in [0.4, 0.5) is 0 Å². The van der Waals surface area contributed by atoms with Crippen LogP contribution in [0.1, 0.15) is 77.0 Å². The molecule has 0 unspecified atom stereocenters. The largest absolute Gasteiger partial charge is 0.194 e. The minimum Gasteiger partial charge on any atom is -0.194 e. The second kappa shape index (κ2) is 11.1. The van der Waals surface area contributed by atoms with E-state index in [-0.39, 0.29) is 0 Å². The normalized spacial score (nSPS) is 23.0. The molecule has 1 aliphatic rings. The minimum atomic E-state index is 0.958. The summed E-state index contributed by atoms with van der Waals surface area (Å²) >= 11 is 0. The van der Waals surface area contributed by atoms with Gasteiger partial charge in [0.15, 0.2) is 0 Å². The Labute approximate surface area is 101 Å². The maximum absolute atomic E-state index is 4.23. The molecule has 94 valence electrons. The lowest BCUT2D eigenvalue weighted by Gasteiger charge is -2.03. The van der Waals surface area contributed by atoms with Crippen molar-refractivity contribution in [2.24, 2.45) is 10.2 Å². The molecule has 0 saturated carbocycles. The highest BCUT2D eigenvalue weighted by molar-refractivity contribution is 4.51. The summed E-state index contributed by atoms with van der Waals surface area (Å²) in [7, 11) is 0. The summed E-state index contributed by atoms with van der Waals surface area (Å²) in [6.45, 7) is 1.92. The third-order valence-electron chi connectivity index (χ3n) is 3.37. The first-order valence-electron chi connectivity index (χ1n) is 7.33. The molecule has 16 heavy (non-hydrogen) atoms. The molecule has 0 fully saturated rings. The van der Waals surface area contributed by atoms with E-state index in [1.54, 1.807) is 0 Å². The van der Waals surface area contributed by atoms with E-state index in [1.165, 1.54) is 77.0 Å². The number of nitrogens with zero attached hydrogens (tertiary/aromatic N) is 2. The van der Waals surface area contributed by atoms with E-state index in [0.717, 1.165) is 13.1 Å². The van der Waals surface area contributed by atoms with Crippen molar-refractivity contribution >= 4 is 0 Å². The molecule has 0 aromatic heterocycles. The lowest BCUT2D eigenvalue weighted by Crippen LogP contribution is -1.87. The van der Waals surface area contributed by atoms with Gasteiger partial charge in [0.05, 0.1) is 13.1 Å². The SMILES string of the molecule is C1CCCCCCCN=NCCCCCC1. The molecule has 0 aliphatic carbocycles. The first kappa shape index (κ1) is 13.7. The summed E-state index contributed by atoms with van der Waals surface area (Å²) < 4.78 is 0. The molecule has 0 atom stereocenters. The lowest BCUT2D eigenvalue weighted by molar-refractivity contribution is 0.535. The van der Waals surface area contributed by atoms with Gasteiger partial charge in [-0.1, -0.05) is 64.2 Å². The Balaban J connectivity index is 2.07. The van der Waals surface area contributed by atoms with E-state index < -0.39 is 0 Å². The summed E-state index contributed by atoms with van der Waals surface area (Å²) in [4.78, 5) is 0. The van der Waals surface area contributed by atoms with Crippen LogP contribution in [0.3, 0.4) is 0 Å². The van der Waals surface area contributed by atoms with Gasteiger partial charge in [0.2, 0.25) is 0 Å². The van der Waals surface area contributed by atoms with Crippen LogP contribution in [-0.4, -0.2) is 13.1 Å². The van der Waals surface area contributed by atoms with Crippen LogP contribution in [0.15, 0.2) is 10.2 Å². The molecule has 1 rings (SSSR count). The average molecular weight is 224 g/mol. The van der Waals surface area contributed by atoms with E-state index in [1.807, 2.05) is 0 Å². The second-order valence-electron chi connectivity index (χ2n) is 4.97. The molecular formula is C14H28N2. The van der Waals surface area contributed by atoms with Crippen molar-refractivity contribution in [2.75, 3.05) is 13.1 Å². The maximum atomic E-state index is 4.23. The Bertz CT molecular complexity index is 148. The first-order valence-corrected chi connectivity index (χ1v) is 7.33. The Morgan fingerprint density at radius 1 is 0.312 bits per heavy atom. The topological polar surface area (TPSA) is 24.7 Å². The van der Waals surface area contributed by atoms with E-state index >= 15 is 0 Å². The van der Waals surface area contributed by atoms with Gasteiger partial charge in [-0.2, -0.15) is 10.2 Å². The van der Waals surface area contributed by atoms with E-state index in [9.17, 15) is 0 Å². The Kier molecular flexibility index (Phi) is 9.48. The molecule has 0 spiro atoms. The Morgan fingerprint density at radius 2 is 0.562 bits per heavy atom. The number of azo groups is 1. The summed E-state index contributed by atoms with van der Waals surface area (Å²) in [6, 6.07) is 0. The fourth-order valence-electron chi connectivity index (χ4n) is 2.27. The van der Waals surface area contributed by atoms with Crippen LogP contribution >= 0.6 is 0 Å². The van der Waals surface area contributed by atoms with Crippen LogP contribution < -0.4 is 0 Å². The molecule has 0 radical (unpaired) electrons. The second-order valence-corrected chi connectivity index (χ2v) is 4.97. The standard InChI is InChI=1S/C14H28N2/c1-2-4-6-8-10-12-14-16-15-13-11-9-7-5-3-1/h1-14H2. The average Bonchev–Trinajstić information content (AvgIpc) is 2.29. The highest BCUT2D eigenvalue weighted by atomic mass is 15.1. The zero-order valence-corrected chi connectivity index (χ0v) is 10.8. The van der Waals surface area contributed by atoms with Crippen molar-refractivity contribution in [3.8, 4) is 0 Å². The summed E-state index contributed by atoms with van der Waals surface area (Å²) in [5.74, 6) is 0. The lowest BCUT2D eigenvalue weighted by atomic mass is 10.1. The number of hydrogen-bond donors (Lipinski definition) is 0. The van der Waals surface area contributed by atoms with E-state index in [4.69, 9.17) is 0 Å². The Morgan fingerprint density at radius 3 is 0.875 bits per heavy atom. The van der Waals surface area contributed by atoms with Crippen molar-refractivity contribution in [1.82, 2.24) is 0 Å². The summed E-state index contributed by atoms with van der Waals surface area (Å²) in [5, 5.41) is 8.45. The first-order chi connectivity index (χ1) is 8.00. The van der Waals surface area contributed by atoms with Crippen molar-refractivity contribution < 1.29 is 0 Å². The van der Waals surface area contributed by atoms with Gasteiger partial charge < -0.3 is 0 Å². The molecule has 2 heteroatoms. The molecule has 0 aromatic rings. The van der Waals surface area contributed by atoms with E-state index in [0.29, 0.717) is 0 Å². The smallest absolute Gasteiger partial charge is 0.0598 e. The van der Waals surface area contributed by atoms with Crippen molar-refractivity contribution in [1.29, 1.82) is 0 Å². The molecule has 2 nitrogen and oxygen atoms in total. The molecule has 0 saturated heterocycles. The number of rotatable bonds is 0. The predicted molar refractivity (Wildman–Crippen MR) is 70.0 cm³/mol.